The van der Waals surface area contributed by atoms with E-state index in [0.717, 1.165) is 32.1 Å². The van der Waals surface area contributed by atoms with Crippen molar-refractivity contribution >= 4 is 15.2 Å². The molecule has 0 bridgehead atoms. The molecular weight excluding hydrogens is 374 g/mol. The van der Waals surface area contributed by atoms with E-state index in [1.165, 1.54) is 0 Å². The fraction of sp³-hybridized carbons (Fsp3) is 0.778. The molecule has 0 aliphatic heterocycles. The smallest absolute Gasteiger partial charge is 0.306 e. The maximum absolute atomic E-state index is 13.6. The third kappa shape index (κ3) is 4.11. The summed E-state index contributed by atoms with van der Waals surface area (Å²) in [6.45, 7) is 8.37. The van der Waals surface area contributed by atoms with E-state index < -0.39 is 20.6 Å². The second kappa shape index (κ2) is 9.32. The molecule has 150 valence electrons. The van der Waals surface area contributed by atoms with Gasteiger partial charge in [0.2, 0.25) is 0 Å². The summed E-state index contributed by atoms with van der Waals surface area (Å²) in [6, 6.07) is 0. The molecule has 0 amide bonds. The van der Waals surface area contributed by atoms with Gasteiger partial charge in [0.1, 0.15) is 0 Å². The third-order valence-electron chi connectivity index (χ3n) is 4.82. The molecule has 26 heavy (non-hydrogen) atoms. The summed E-state index contributed by atoms with van der Waals surface area (Å²) < 4.78 is 49.7. The summed E-state index contributed by atoms with van der Waals surface area (Å²) in [4.78, 5) is 0. The van der Waals surface area contributed by atoms with Crippen molar-refractivity contribution in [1.29, 1.82) is 0 Å². The average Bonchev–Trinajstić information content (AvgIpc) is 3.00. The summed E-state index contributed by atoms with van der Waals surface area (Å²) in [6.07, 6.45) is 7.88. The maximum Gasteiger partial charge on any atom is 0.357 e. The van der Waals surface area contributed by atoms with Gasteiger partial charge >= 0.3 is 15.2 Å². The van der Waals surface area contributed by atoms with Crippen LogP contribution in [0.15, 0.2) is 22.8 Å². The third-order valence-corrected chi connectivity index (χ3v) is 9.61. The molecule has 0 N–H and O–H groups in total. The van der Waals surface area contributed by atoms with Gasteiger partial charge in [-0.3, -0.25) is 9.13 Å². The van der Waals surface area contributed by atoms with Gasteiger partial charge in [0, 0.05) is 16.0 Å². The van der Waals surface area contributed by atoms with Crippen molar-refractivity contribution in [2.24, 2.45) is 5.41 Å². The molecule has 1 spiro atoms. The molecule has 0 fully saturated rings. The summed E-state index contributed by atoms with van der Waals surface area (Å²) >= 11 is 0. The quantitative estimate of drug-likeness (QED) is 0.399. The summed E-state index contributed by atoms with van der Waals surface area (Å²) in [7, 11) is -6.92. The van der Waals surface area contributed by atoms with Gasteiger partial charge in [0.15, 0.2) is 0 Å². The van der Waals surface area contributed by atoms with Crippen LogP contribution in [0.5, 0.6) is 0 Å². The predicted molar refractivity (Wildman–Crippen MR) is 103 cm³/mol. The second-order valence-electron chi connectivity index (χ2n) is 6.36. The zero-order chi connectivity index (χ0) is 19.3. The maximum atomic E-state index is 13.6. The molecule has 0 heterocycles. The lowest BCUT2D eigenvalue weighted by Gasteiger charge is -2.41. The lowest BCUT2D eigenvalue weighted by molar-refractivity contribution is 0.208. The molecule has 2 rings (SSSR count). The number of rotatable bonds is 10. The minimum Gasteiger partial charge on any atom is -0.306 e. The lowest BCUT2D eigenvalue weighted by atomic mass is 9.78. The topological polar surface area (TPSA) is 71.1 Å². The summed E-state index contributed by atoms with van der Waals surface area (Å²) in [5, 5.41) is 1.28. The van der Waals surface area contributed by atoms with Gasteiger partial charge in [-0.25, -0.2) is 0 Å². The van der Waals surface area contributed by atoms with Crippen molar-refractivity contribution in [3.8, 4) is 0 Å². The van der Waals surface area contributed by atoms with Crippen molar-refractivity contribution < 1.29 is 27.2 Å². The minimum absolute atomic E-state index is 0.290. The first-order valence-corrected chi connectivity index (χ1v) is 12.7. The SMILES string of the molecule is CCOP(=O)(OCC)C1=CCCC[C@@]12CCC=C2P(=O)(OCC)OCC. The van der Waals surface area contributed by atoms with E-state index >= 15 is 0 Å². The predicted octanol–water partition coefficient (Wildman–Crippen LogP) is 6.25. The number of hydrogen-bond acceptors (Lipinski definition) is 6. The highest BCUT2D eigenvalue weighted by Crippen LogP contribution is 2.75. The van der Waals surface area contributed by atoms with Crippen LogP contribution in [0, 0.1) is 5.41 Å². The van der Waals surface area contributed by atoms with Crippen LogP contribution in [-0.4, -0.2) is 26.4 Å². The van der Waals surface area contributed by atoms with E-state index in [-0.39, 0.29) is 0 Å². The van der Waals surface area contributed by atoms with Gasteiger partial charge in [-0.2, -0.15) is 0 Å². The molecule has 1 atom stereocenters. The highest BCUT2D eigenvalue weighted by atomic mass is 31.2. The molecule has 0 saturated carbocycles. The van der Waals surface area contributed by atoms with Crippen LogP contribution in [-0.2, 0) is 27.2 Å². The van der Waals surface area contributed by atoms with Crippen molar-refractivity contribution in [2.45, 2.75) is 59.8 Å². The van der Waals surface area contributed by atoms with E-state index in [0.29, 0.717) is 37.1 Å². The molecule has 0 saturated heterocycles. The fourth-order valence-corrected chi connectivity index (χ4v) is 8.63. The Bertz CT molecular complexity index is 622. The highest BCUT2D eigenvalue weighted by Gasteiger charge is 2.55. The molecule has 8 heteroatoms. The molecule has 2 aliphatic rings. The Balaban J connectivity index is 2.55. The van der Waals surface area contributed by atoms with Crippen LogP contribution < -0.4 is 0 Å². The molecule has 0 aromatic rings. The normalized spacial score (nSPS) is 24.0. The first kappa shape index (κ1) is 22.1. The van der Waals surface area contributed by atoms with E-state index in [9.17, 15) is 9.13 Å². The van der Waals surface area contributed by atoms with Crippen LogP contribution in [0.4, 0.5) is 0 Å². The van der Waals surface area contributed by atoms with Gasteiger partial charge in [0.25, 0.3) is 0 Å². The van der Waals surface area contributed by atoms with Crippen molar-refractivity contribution in [3.63, 3.8) is 0 Å². The first-order valence-electron chi connectivity index (χ1n) is 9.63. The molecule has 2 aliphatic carbocycles. The Labute approximate surface area is 157 Å². The largest absolute Gasteiger partial charge is 0.357 e. The monoisotopic (exact) mass is 406 g/mol. The van der Waals surface area contributed by atoms with Gasteiger partial charge in [-0.05, 0) is 59.8 Å². The molecule has 0 unspecified atom stereocenters. The van der Waals surface area contributed by atoms with Crippen LogP contribution in [0.2, 0.25) is 0 Å². The van der Waals surface area contributed by atoms with E-state index in [2.05, 4.69) is 0 Å². The van der Waals surface area contributed by atoms with Gasteiger partial charge in [0.05, 0.1) is 26.4 Å². The Morgan fingerprint density at radius 3 is 1.62 bits per heavy atom. The zero-order valence-corrected chi connectivity index (χ0v) is 18.2. The molecule has 0 radical (unpaired) electrons. The molecule has 6 nitrogen and oxygen atoms in total. The van der Waals surface area contributed by atoms with Crippen molar-refractivity contribution in [1.82, 2.24) is 0 Å². The second-order valence-corrected chi connectivity index (χ2v) is 10.3. The molecule has 0 aromatic heterocycles. The Hall–Kier alpha value is -0.220. The van der Waals surface area contributed by atoms with Crippen LogP contribution in [0.25, 0.3) is 0 Å². The first-order chi connectivity index (χ1) is 12.4. The van der Waals surface area contributed by atoms with Gasteiger partial charge in [-0.15, -0.1) is 0 Å². The standard InChI is InChI=1S/C18H32O6P2/c1-5-21-25(19,22-6-2)16-12-9-10-14-18(16)15-11-13-17(18)26(20,23-7-3)24-8-4/h12-13H,5-11,14-15H2,1-4H3/t18-/m1/s1. The van der Waals surface area contributed by atoms with Crippen LogP contribution in [0.3, 0.4) is 0 Å². The van der Waals surface area contributed by atoms with Crippen LogP contribution in [0.1, 0.15) is 59.8 Å². The van der Waals surface area contributed by atoms with E-state index in [4.69, 9.17) is 18.1 Å². The number of allylic oxidation sites excluding steroid dienone is 4. The van der Waals surface area contributed by atoms with Gasteiger partial charge in [-0.1, -0.05) is 12.2 Å². The lowest BCUT2D eigenvalue weighted by Crippen LogP contribution is -2.28. The van der Waals surface area contributed by atoms with Crippen molar-refractivity contribution in [3.05, 3.63) is 22.8 Å². The highest BCUT2D eigenvalue weighted by molar-refractivity contribution is 7.60. The Kier molecular flexibility index (Phi) is 7.91. The Morgan fingerprint density at radius 2 is 1.19 bits per heavy atom. The molecule has 0 aromatic carbocycles. The summed E-state index contributed by atoms with van der Waals surface area (Å²) in [5.74, 6) is 0. The zero-order valence-electron chi connectivity index (χ0n) is 16.4. The van der Waals surface area contributed by atoms with E-state index in [1.54, 1.807) is 27.7 Å². The fourth-order valence-electron chi connectivity index (χ4n) is 4.04. The van der Waals surface area contributed by atoms with Crippen molar-refractivity contribution in [2.75, 3.05) is 26.4 Å². The van der Waals surface area contributed by atoms with Crippen LogP contribution >= 0.6 is 15.2 Å². The average molecular weight is 406 g/mol. The Morgan fingerprint density at radius 1 is 0.769 bits per heavy atom. The van der Waals surface area contributed by atoms with Gasteiger partial charge < -0.3 is 18.1 Å². The van der Waals surface area contributed by atoms with E-state index in [1.807, 2.05) is 12.2 Å². The molecular formula is C18H32O6P2. The number of hydrogen-bond donors (Lipinski definition) is 0. The minimum atomic E-state index is -3.47. The summed E-state index contributed by atoms with van der Waals surface area (Å²) in [5.41, 5.74) is -0.627.